The Labute approximate surface area is 90.9 Å². The molecule has 0 bridgehead atoms. The highest BCUT2D eigenvalue weighted by Gasteiger charge is 2.27. The first-order chi connectivity index (χ1) is 7.15. The number of nitrogens with one attached hydrogen (secondary N) is 1. The summed E-state index contributed by atoms with van der Waals surface area (Å²) in [5, 5.41) is 2.83. The Morgan fingerprint density at radius 2 is 2.47 bits per heavy atom. The molecule has 3 N–H and O–H groups in total. The minimum atomic E-state index is -0.0876. The molecule has 0 aromatic carbocycles. The number of nitrogens with two attached hydrogens (primary N) is 1. The molecule has 88 valence electrons. The van der Waals surface area contributed by atoms with E-state index in [0.29, 0.717) is 13.2 Å². The molecule has 1 heterocycles. The van der Waals surface area contributed by atoms with E-state index in [1.807, 2.05) is 6.92 Å². The number of ether oxygens (including phenoxy) is 1. The maximum absolute atomic E-state index is 11.7. The van der Waals surface area contributed by atoms with Crippen LogP contribution in [0.1, 0.15) is 13.3 Å². The highest BCUT2D eigenvalue weighted by atomic mass is 16.5. The van der Waals surface area contributed by atoms with Crippen LogP contribution in [-0.4, -0.2) is 56.2 Å². The van der Waals surface area contributed by atoms with Gasteiger partial charge in [0.1, 0.15) is 0 Å². The van der Waals surface area contributed by atoms with Crippen molar-refractivity contribution in [1.82, 2.24) is 10.2 Å². The monoisotopic (exact) mass is 215 g/mol. The van der Waals surface area contributed by atoms with Gasteiger partial charge in [-0.2, -0.15) is 0 Å². The quantitative estimate of drug-likeness (QED) is 0.587. The molecular formula is C10H21N3O2. The molecule has 1 saturated heterocycles. The van der Waals surface area contributed by atoms with E-state index in [1.165, 1.54) is 0 Å². The van der Waals surface area contributed by atoms with Gasteiger partial charge in [0.05, 0.1) is 12.6 Å². The molecule has 5 heteroatoms. The molecule has 1 amide bonds. The van der Waals surface area contributed by atoms with E-state index in [1.54, 1.807) is 7.11 Å². The lowest BCUT2D eigenvalue weighted by Crippen LogP contribution is -2.45. The summed E-state index contributed by atoms with van der Waals surface area (Å²) in [6, 6.07) is 0.134. The van der Waals surface area contributed by atoms with E-state index >= 15 is 0 Å². The van der Waals surface area contributed by atoms with E-state index in [0.717, 1.165) is 19.5 Å². The van der Waals surface area contributed by atoms with Crippen molar-refractivity contribution in [1.29, 1.82) is 0 Å². The van der Waals surface area contributed by atoms with Crippen molar-refractivity contribution in [3.63, 3.8) is 0 Å². The Bertz CT molecular complexity index is 211. The molecule has 1 rings (SSSR count). The molecule has 1 unspecified atom stereocenters. The molecule has 0 aliphatic carbocycles. The van der Waals surface area contributed by atoms with E-state index in [9.17, 15) is 4.79 Å². The summed E-state index contributed by atoms with van der Waals surface area (Å²) in [6.07, 6.45) is 0.982. The summed E-state index contributed by atoms with van der Waals surface area (Å²) in [5.74, 6) is 0.0566. The molecule has 2 atom stereocenters. The predicted octanol–water partition coefficient (Wildman–Crippen LogP) is -0.829. The summed E-state index contributed by atoms with van der Waals surface area (Å²) in [4.78, 5) is 13.8. The van der Waals surface area contributed by atoms with Gasteiger partial charge in [-0.1, -0.05) is 0 Å². The van der Waals surface area contributed by atoms with E-state index < -0.39 is 0 Å². The molecule has 0 radical (unpaired) electrons. The van der Waals surface area contributed by atoms with Gasteiger partial charge in [0.25, 0.3) is 0 Å². The SMILES string of the molecule is COCCNC(=O)C(C)N1CC[C@H](N)C1. The van der Waals surface area contributed by atoms with Crippen molar-refractivity contribution in [3.8, 4) is 0 Å². The minimum Gasteiger partial charge on any atom is -0.383 e. The largest absolute Gasteiger partial charge is 0.383 e. The molecule has 0 saturated carbocycles. The molecule has 15 heavy (non-hydrogen) atoms. The molecular weight excluding hydrogens is 194 g/mol. The molecule has 0 aromatic rings. The number of hydrogen-bond acceptors (Lipinski definition) is 4. The lowest BCUT2D eigenvalue weighted by molar-refractivity contribution is -0.125. The first-order valence-electron chi connectivity index (χ1n) is 5.41. The van der Waals surface area contributed by atoms with Gasteiger partial charge >= 0.3 is 0 Å². The minimum absolute atomic E-state index is 0.0566. The molecule has 0 aromatic heterocycles. The maximum atomic E-state index is 11.7. The Kier molecular flexibility index (Phi) is 5.01. The highest BCUT2D eigenvalue weighted by molar-refractivity contribution is 5.81. The van der Waals surface area contributed by atoms with Gasteiger partial charge in [0, 0.05) is 32.8 Å². The van der Waals surface area contributed by atoms with Crippen molar-refractivity contribution in [3.05, 3.63) is 0 Å². The Morgan fingerprint density at radius 3 is 3.00 bits per heavy atom. The topological polar surface area (TPSA) is 67.6 Å². The van der Waals surface area contributed by atoms with Gasteiger partial charge in [-0.05, 0) is 13.3 Å². The number of likely N-dealkylation sites (tertiary alicyclic amines) is 1. The average molecular weight is 215 g/mol. The van der Waals surface area contributed by atoms with Crippen LogP contribution < -0.4 is 11.1 Å². The average Bonchev–Trinajstić information content (AvgIpc) is 2.64. The molecule has 0 spiro atoms. The molecule has 1 aliphatic heterocycles. The van der Waals surface area contributed by atoms with Crippen LogP contribution in [0.15, 0.2) is 0 Å². The number of nitrogens with zero attached hydrogens (tertiary/aromatic N) is 1. The van der Waals surface area contributed by atoms with Gasteiger partial charge in [-0.25, -0.2) is 0 Å². The van der Waals surface area contributed by atoms with E-state index in [-0.39, 0.29) is 18.0 Å². The Morgan fingerprint density at radius 1 is 1.73 bits per heavy atom. The normalized spacial score (nSPS) is 24.1. The fourth-order valence-corrected chi connectivity index (χ4v) is 1.76. The fourth-order valence-electron chi connectivity index (χ4n) is 1.76. The second-order valence-corrected chi connectivity index (χ2v) is 4.00. The smallest absolute Gasteiger partial charge is 0.237 e. The molecule has 1 aliphatic rings. The zero-order chi connectivity index (χ0) is 11.3. The zero-order valence-electron chi connectivity index (χ0n) is 9.53. The van der Waals surface area contributed by atoms with Crippen molar-refractivity contribution in [2.24, 2.45) is 5.73 Å². The van der Waals surface area contributed by atoms with E-state index in [2.05, 4.69) is 10.2 Å². The van der Waals surface area contributed by atoms with Crippen molar-refractivity contribution < 1.29 is 9.53 Å². The van der Waals surface area contributed by atoms with Crippen LogP contribution in [0.5, 0.6) is 0 Å². The van der Waals surface area contributed by atoms with Crippen LogP contribution >= 0.6 is 0 Å². The molecule has 5 nitrogen and oxygen atoms in total. The van der Waals surface area contributed by atoms with Crippen LogP contribution in [0.2, 0.25) is 0 Å². The molecule has 1 fully saturated rings. The zero-order valence-corrected chi connectivity index (χ0v) is 9.53. The van der Waals surface area contributed by atoms with Crippen LogP contribution in [-0.2, 0) is 9.53 Å². The van der Waals surface area contributed by atoms with Gasteiger partial charge < -0.3 is 15.8 Å². The third-order valence-corrected chi connectivity index (χ3v) is 2.79. The predicted molar refractivity (Wildman–Crippen MR) is 58.5 cm³/mol. The lowest BCUT2D eigenvalue weighted by Gasteiger charge is -2.22. The Balaban J connectivity index is 2.26. The summed E-state index contributed by atoms with van der Waals surface area (Å²) >= 11 is 0. The number of methoxy groups -OCH3 is 1. The Hall–Kier alpha value is -0.650. The van der Waals surface area contributed by atoms with Gasteiger partial charge in [-0.3, -0.25) is 9.69 Å². The second-order valence-electron chi connectivity index (χ2n) is 4.00. The summed E-state index contributed by atoms with van der Waals surface area (Å²) in [7, 11) is 1.62. The third kappa shape index (κ3) is 3.77. The van der Waals surface area contributed by atoms with Gasteiger partial charge in [0.2, 0.25) is 5.91 Å². The summed E-state index contributed by atoms with van der Waals surface area (Å²) < 4.78 is 4.87. The highest BCUT2D eigenvalue weighted by Crippen LogP contribution is 2.10. The van der Waals surface area contributed by atoms with Crippen molar-refractivity contribution in [2.75, 3.05) is 33.4 Å². The summed E-state index contributed by atoms with van der Waals surface area (Å²) in [5.41, 5.74) is 5.79. The number of carbonyl (C=O) groups is 1. The third-order valence-electron chi connectivity index (χ3n) is 2.79. The van der Waals surface area contributed by atoms with Crippen LogP contribution in [0.4, 0.5) is 0 Å². The maximum Gasteiger partial charge on any atom is 0.237 e. The standard InChI is InChI=1S/C10H21N3O2/c1-8(10(14)12-4-6-15-2)13-5-3-9(11)7-13/h8-9H,3-7,11H2,1-2H3,(H,12,14)/t8?,9-/m0/s1. The van der Waals surface area contributed by atoms with E-state index in [4.69, 9.17) is 10.5 Å². The lowest BCUT2D eigenvalue weighted by atomic mass is 10.2. The van der Waals surface area contributed by atoms with Crippen LogP contribution in [0, 0.1) is 0 Å². The first kappa shape index (κ1) is 12.4. The number of amides is 1. The van der Waals surface area contributed by atoms with Crippen LogP contribution in [0.25, 0.3) is 0 Å². The van der Waals surface area contributed by atoms with Gasteiger partial charge in [-0.15, -0.1) is 0 Å². The van der Waals surface area contributed by atoms with Gasteiger partial charge in [0.15, 0.2) is 0 Å². The number of hydrogen-bond donors (Lipinski definition) is 2. The first-order valence-corrected chi connectivity index (χ1v) is 5.41. The number of carbonyl (C=O) groups excluding carboxylic acids is 1. The van der Waals surface area contributed by atoms with Crippen molar-refractivity contribution in [2.45, 2.75) is 25.4 Å². The summed E-state index contributed by atoms with van der Waals surface area (Å²) in [6.45, 7) is 4.77. The second kappa shape index (κ2) is 6.05. The van der Waals surface area contributed by atoms with Crippen molar-refractivity contribution >= 4 is 5.91 Å². The fraction of sp³-hybridized carbons (Fsp3) is 0.900. The van der Waals surface area contributed by atoms with Crippen LogP contribution in [0.3, 0.4) is 0 Å². The number of rotatable bonds is 5.